The number of carbonyl (C=O) groups is 2. The maximum absolute atomic E-state index is 12.8. The Bertz CT molecular complexity index is 720. The summed E-state index contributed by atoms with van der Waals surface area (Å²) in [6, 6.07) is 6.76. The molecule has 128 valence electrons. The van der Waals surface area contributed by atoms with Crippen molar-refractivity contribution in [3.05, 3.63) is 34.9 Å². The molecule has 4 atom stereocenters. The summed E-state index contributed by atoms with van der Waals surface area (Å²) in [4.78, 5) is 27.9. The number of aliphatic carboxylic acids is 1. The number of aliphatic hydroxyl groups is 2. The van der Waals surface area contributed by atoms with Crippen molar-refractivity contribution in [2.75, 3.05) is 0 Å². The van der Waals surface area contributed by atoms with Gasteiger partial charge in [-0.25, -0.2) is 9.79 Å². The van der Waals surface area contributed by atoms with Gasteiger partial charge in [0.15, 0.2) is 23.9 Å². The first-order chi connectivity index (χ1) is 11.4. The normalized spacial score (nSPS) is 28.5. The van der Waals surface area contributed by atoms with Gasteiger partial charge < -0.3 is 20.1 Å². The van der Waals surface area contributed by atoms with Crippen LogP contribution in [0.4, 0.5) is 0 Å². The van der Waals surface area contributed by atoms with E-state index in [1.165, 1.54) is 0 Å². The van der Waals surface area contributed by atoms with E-state index in [1.807, 2.05) is 0 Å². The van der Waals surface area contributed by atoms with Crippen molar-refractivity contribution in [1.82, 2.24) is 0 Å². The maximum Gasteiger partial charge on any atom is 0.335 e. The molecule has 24 heavy (non-hydrogen) atoms. The molecule has 0 aromatic heterocycles. The summed E-state index contributed by atoms with van der Waals surface area (Å²) >= 11 is 6.23. The Morgan fingerprint density at radius 2 is 2.08 bits per heavy atom. The largest absolute Gasteiger partial charge is 0.479 e. The molecule has 1 aliphatic carbocycles. The van der Waals surface area contributed by atoms with Gasteiger partial charge in [0.05, 0.1) is 0 Å². The molecule has 2 bridgehead atoms. The number of hydrogen-bond acceptors (Lipinski definition) is 6. The molecular formula is C16H16ClNO6. The molecule has 1 aliphatic heterocycles. The molecule has 7 nitrogen and oxygen atoms in total. The van der Waals surface area contributed by atoms with Crippen LogP contribution in [0.15, 0.2) is 29.3 Å². The summed E-state index contributed by atoms with van der Waals surface area (Å²) in [6.07, 6.45) is -3.35. The van der Waals surface area contributed by atoms with Crippen molar-refractivity contribution in [3.63, 3.8) is 0 Å². The molecule has 0 saturated heterocycles. The van der Waals surface area contributed by atoms with Crippen LogP contribution >= 0.6 is 11.6 Å². The van der Waals surface area contributed by atoms with Crippen LogP contribution in [-0.4, -0.2) is 51.3 Å². The van der Waals surface area contributed by atoms with Crippen molar-refractivity contribution in [3.8, 4) is 0 Å². The zero-order valence-electron chi connectivity index (χ0n) is 12.6. The number of aliphatic hydroxyl groups excluding tert-OH is 2. The van der Waals surface area contributed by atoms with E-state index < -0.39 is 29.8 Å². The highest BCUT2D eigenvalue weighted by atomic mass is 35.5. The monoisotopic (exact) mass is 353 g/mol. The quantitative estimate of drug-likeness (QED) is 0.740. The summed E-state index contributed by atoms with van der Waals surface area (Å²) in [6.45, 7) is 0. The smallest absolute Gasteiger partial charge is 0.335 e. The summed E-state index contributed by atoms with van der Waals surface area (Å²) < 4.78 is 5.37. The molecule has 1 heterocycles. The van der Waals surface area contributed by atoms with Crippen molar-refractivity contribution < 1.29 is 29.6 Å². The van der Waals surface area contributed by atoms with Gasteiger partial charge in [-0.2, -0.15) is 0 Å². The molecular weight excluding hydrogens is 338 g/mol. The highest BCUT2D eigenvalue weighted by Crippen LogP contribution is 2.44. The highest BCUT2D eigenvalue weighted by Gasteiger charge is 2.53. The number of carboxylic acid groups (broad SMARTS) is 1. The third kappa shape index (κ3) is 2.58. The Morgan fingerprint density at radius 3 is 2.75 bits per heavy atom. The molecule has 1 aromatic rings. The average molecular weight is 354 g/mol. The van der Waals surface area contributed by atoms with Crippen LogP contribution in [0.1, 0.15) is 24.8 Å². The second kappa shape index (κ2) is 6.16. The predicted octanol–water partition coefficient (Wildman–Crippen LogP) is 0.892. The minimum atomic E-state index is -2.10. The molecule has 1 saturated carbocycles. The van der Waals surface area contributed by atoms with Crippen molar-refractivity contribution in [2.45, 2.75) is 43.1 Å². The van der Waals surface area contributed by atoms with Crippen molar-refractivity contribution >= 4 is 29.3 Å². The van der Waals surface area contributed by atoms with E-state index in [0.717, 1.165) is 0 Å². The van der Waals surface area contributed by atoms with E-state index in [1.54, 1.807) is 24.3 Å². The predicted molar refractivity (Wildman–Crippen MR) is 83.9 cm³/mol. The zero-order chi connectivity index (χ0) is 17.5. The SMILES string of the molecule is O=C(O)C(O)C(O)C1=NC2(c3ccccc3Cl)CCCC(O1)C2=O. The summed E-state index contributed by atoms with van der Waals surface area (Å²) in [5.74, 6) is -2.24. The Labute approximate surface area is 142 Å². The number of carboxylic acids is 1. The molecule has 4 unspecified atom stereocenters. The molecule has 1 fully saturated rings. The van der Waals surface area contributed by atoms with E-state index >= 15 is 0 Å². The van der Waals surface area contributed by atoms with Crippen molar-refractivity contribution in [2.24, 2.45) is 4.99 Å². The Morgan fingerprint density at radius 1 is 1.38 bits per heavy atom. The number of carbonyl (C=O) groups excluding carboxylic acids is 1. The second-order valence-electron chi connectivity index (χ2n) is 5.88. The van der Waals surface area contributed by atoms with Gasteiger partial charge in [-0.05, 0) is 25.3 Å². The van der Waals surface area contributed by atoms with Gasteiger partial charge in [-0.3, -0.25) is 4.79 Å². The molecule has 2 aliphatic rings. The van der Waals surface area contributed by atoms with Crippen LogP contribution in [0.3, 0.4) is 0 Å². The first kappa shape index (κ1) is 16.9. The number of aliphatic imine (C=N–C) groups is 1. The maximum atomic E-state index is 12.8. The molecule has 0 amide bonds. The fourth-order valence-electron chi connectivity index (χ4n) is 3.18. The number of nitrogens with zero attached hydrogens (tertiary/aromatic N) is 1. The minimum Gasteiger partial charge on any atom is -0.479 e. The highest BCUT2D eigenvalue weighted by molar-refractivity contribution is 6.32. The van der Waals surface area contributed by atoms with Crippen LogP contribution in [0.5, 0.6) is 0 Å². The van der Waals surface area contributed by atoms with Crippen LogP contribution in [0.2, 0.25) is 5.02 Å². The van der Waals surface area contributed by atoms with Gasteiger partial charge in [-0.15, -0.1) is 0 Å². The fraction of sp³-hybridized carbons (Fsp3) is 0.438. The topological polar surface area (TPSA) is 116 Å². The number of hydrogen-bond donors (Lipinski definition) is 3. The van der Waals surface area contributed by atoms with Gasteiger partial charge >= 0.3 is 5.97 Å². The molecule has 1 aromatic carbocycles. The molecule has 8 heteroatoms. The number of ketones is 1. The lowest BCUT2D eigenvalue weighted by Gasteiger charge is -2.42. The number of halogens is 1. The van der Waals surface area contributed by atoms with Gasteiger partial charge in [-0.1, -0.05) is 29.8 Å². The Kier molecular flexibility index (Phi) is 4.33. The summed E-state index contributed by atoms with van der Waals surface area (Å²) in [5, 5.41) is 28.8. The van der Waals surface area contributed by atoms with Crippen LogP contribution in [0, 0.1) is 0 Å². The Hall–Kier alpha value is -1.96. The van der Waals surface area contributed by atoms with E-state index in [-0.39, 0.29) is 11.7 Å². The first-order valence-corrected chi connectivity index (χ1v) is 7.89. The third-order valence-electron chi connectivity index (χ3n) is 4.39. The van der Waals surface area contributed by atoms with Crippen LogP contribution in [-0.2, 0) is 19.9 Å². The Balaban J connectivity index is 2.11. The minimum absolute atomic E-state index is 0.275. The lowest BCUT2D eigenvalue weighted by atomic mass is 9.73. The zero-order valence-corrected chi connectivity index (χ0v) is 13.3. The van der Waals surface area contributed by atoms with E-state index in [9.17, 15) is 19.8 Å². The lowest BCUT2D eigenvalue weighted by Crippen LogP contribution is -2.54. The van der Waals surface area contributed by atoms with Crippen molar-refractivity contribution in [1.29, 1.82) is 0 Å². The van der Waals surface area contributed by atoms with E-state index in [2.05, 4.69) is 4.99 Å². The van der Waals surface area contributed by atoms with E-state index in [0.29, 0.717) is 29.8 Å². The number of Topliss-reactive ketones (excluding diaryl/α,β-unsaturated/α-hetero) is 1. The molecule has 0 radical (unpaired) electrons. The first-order valence-electron chi connectivity index (χ1n) is 7.51. The molecule has 3 N–H and O–H groups in total. The number of benzene rings is 1. The fourth-order valence-corrected chi connectivity index (χ4v) is 3.47. The summed E-state index contributed by atoms with van der Waals surface area (Å²) in [7, 11) is 0. The third-order valence-corrected chi connectivity index (χ3v) is 4.72. The molecule has 0 spiro atoms. The van der Waals surface area contributed by atoms with E-state index in [4.69, 9.17) is 21.4 Å². The molecule has 3 rings (SSSR count). The number of fused-ring (bicyclic) bond motifs is 2. The lowest BCUT2D eigenvalue weighted by molar-refractivity contribution is -0.151. The number of ether oxygens (including phenoxy) is 1. The van der Waals surface area contributed by atoms with Gasteiger partial charge in [0, 0.05) is 10.6 Å². The van der Waals surface area contributed by atoms with Crippen LogP contribution < -0.4 is 0 Å². The van der Waals surface area contributed by atoms with Gasteiger partial charge in [0.2, 0.25) is 11.7 Å². The average Bonchev–Trinajstić information content (AvgIpc) is 2.54. The second-order valence-corrected chi connectivity index (χ2v) is 6.29. The standard InChI is InChI=1S/C16H16ClNO6/c17-9-5-2-1-4-8(9)16-7-3-6-10(13(16)21)24-14(18-16)11(19)12(20)15(22)23/h1-2,4-5,10-12,19-20H,3,6-7H2,(H,22,23). The van der Waals surface area contributed by atoms with Gasteiger partial charge in [0.25, 0.3) is 0 Å². The number of rotatable bonds is 4. The van der Waals surface area contributed by atoms with Crippen LogP contribution in [0.25, 0.3) is 0 Å². The summed E-state index contributed by atoms with van der Waals surface area (Å²) in [5.41, 5.74) is -0.840. The van der Waals surface area contributed by atoms with Gasteiger partial charge in [0.1, 0.15) is 0 Å².